The highest BCUT2D eigenvalue weighted by atomic mass is 16.3. The lowest BCUT2D eigenvalue weighted by molar-refractivity contribution is 0.669. The molecule has 228 valence electrons. The summed E-state index contributed by atoms with van der Waals surface area (Å²) >= 11 is 0. The van der Waals surface area contributed by atoms with Gasteiger partial charge in [-0.15, -0.1) is 0 Å². The fourth-order valence-corrected chi connectivity index (χ4v) is 7.25. The molecule has 0 bridgehead atoms. The van der Waals surface area contributed by atoms with Crippen LogP contribution in [0.25, 0.3) is 99.5 Å². The third-order valence-electron chi connectivity index (χ3n) is 9.51. The van der Waals surface area contributed by atoms with Crippen molar-refractivity contribution < 1.29 is 4.42 Å². The van der Waals surface area contributed by atoms with E-state index in [0.29, 0.717) is 17.5 Å². The molecule has 0 unspecified atom stereocenters. The van der Waals surface area contributed by atoms with E-state index in [-0.39, 0.29) is 0 Å². The van der Waals surface area contributed by atoms with E-state index in [9.17, 15) is 0 Å². The second-order valence-electron chi connectivity index (χ2n) is 12.4. The van der Waals surface area contributed by atoms with Crippen molar-refractivity contribution in [3.63, 3.8) is 0 Å². The molecule has 0 amide bonds. The molecule has 0 fully saturated rings. The minimum atomic E-state index is 0.606. The summed E-state index contributed by atoms with van der Waals surface area (Å²) in [5.41, 5.74) is 6.69. The van der Waals surface area contributed by atoms with Gasteiger partial charge in [-0.2, -0.15) is 0 Å². The van der Waals surface area contributed by atoms with Crippen LogP contribution in [0.1, 0.15) is 0 Å². The first kappa shape index (κ1) is 27.5. The molecule has 4 heteroatoms. The van der Waals surface area contributed by atoms with Gasteiger partial charge < -0.3 is 4.42 Å². The summed E-state index contributed by atoms with van der Waals surface area (Å²) in [6.07, 6.45) is 0. The molecule has 8 aromatic carbocycles. The highest BCUT2D eigenvalue weighted by Gasteiger charge is 2.18. The highest BCUT2D eigenvalue weighted by Crippen LogP contribution is 2.39. The van der Waals surface area contributed by atoms with Crippen LogP contribution in [-0.4, -0.2) is 15.0 Å². The van der Waals surface area contributed by atoms with Gasteiger partial charge in [0.15, 0.2) is 17.5 Å². The predicted molar refractivity (Wildman–Crippen MR) is 201 cm³/mol. The molecule has 0 aliphatic heterocycles. The summed E-state index contributed by atoms with van der Waals surface area (Å²) in [4.78, 5) is 15.3. The largest absolute Gasteiger partial charge is 0.456 e. The number of hydrogen-bond donors (Lipinski definition) is 0. The van der Waals surface area contributed by atoms with Crippen molar-refractivity contribution in [1.29, 1.82) is 0 Å². The Morgan fingerprint density at radius 3 is 1.86 bits per heavy atom. The SMILES string of the molecule is c1ccc(-c2nc(-c3cccc(-c4cccc5ccc6c7ccccc7ccc6c45)c3)nc(-c3cccc4oc5ccccc5c34)n2)cc1. The second kappa shape index (κ2) is 11.0. The molecule has 0 saturated carbocycles. The van der Waals surface area contributed by atoms with Crippen molar-refractivity contribution in [1.82, 2.24) is 15.0 Å². The topological polar surface area (TPSA) is 51.8 Å². The Balaban J connectivity index is 1.19. The zero-order valence-electron chi connectivity index (χ0n) is 26.3. The predicted octanol–water partition coefficient (Wildman–Crippen LogP) is 11.9. The normalized spacial score (nSPS) is 11.7. The molecule has 0 radical (unpaired) electrons. The van der Waals surface area contributed by atoms with Gasteiger partial charge in [-0.3, -0.25) is 0 Å². The monoisotopic (exact) mass is 625 g/mol. The van der Waals surface area contributed by atoms with E-state index < -0.39 is 0 Å². The molecule has 10 aromatic rings. The molecule has 2 heterocycles. The van der Waals surface area contributed by atoms with Crippen LogP contribution in [0, 0.1) is 0 Å². The zero-order chi connectivity index (χ0) is 32.3. The van der Waals surface area contributed by atoms with Gasteiger partial charge in [-0.25, -0.2) is 15.0 Å². The molecular formula is C45H27N3O. The summed E-state index contributed by atoms with van der Waals surface area (Å²) in [6.45, 7) is 0. The summed E-state index contributed by atoms with van der Waals surface area (Å²) < 4.78 is 6.23. The van der Waals surface area contributed by atoms with Gasteiger partial charge in [0.25, 0.3) is 0 Å². The first-order valence-corrected chi connectivity index (χ1v) is 16.4. The van der Waals surface area contributed by atoms with Gasteiger partial charge in [-0.05, 0) is 61.6 Å². The molecule has 10 rings (SSSR count). The van der Waals surface area contributed by atoms with Gasteiger partial charge in [0.2, 0.25) is 0 Å². The number of aromatic nitrogens is 3. The number of nitrogens with zero attached hydrogens (tertiary/aromatic N) is 3. The van der Waals surface area contributed by atoms with Crippen LogP contribution in [-0.2, 0) is 0 Å². The molecule has 0 atom stereocenters. The van der Waals surface area contributed by atoms with E-state index in [2.05, 4.69) is 103 Å². The Hall–Kier alpha value is -6.65. The van der Waals surface area contributed by atoms with Gasteiger partial charge in [0.1, 0.15) is 11.2 Å². The lowest BCUT2D eigenvalue weighted by atomic mass is 9.91. The lowest BCUT2D eigenvalue weighted by Crippen LogP contribution is -2.00. The van der Waals surface area contributed by atoms with Crippen LogP contribution in [0.5, 0.6) is 0 Å². The van der Waals surface area contributed by atoms with Crippen LogP contribution in [0.4, 0.5) is 0 Å². The maximum atomic E-state index is 6.23. The molecule has 0 spiro atoms. The Morgan fingerprint density at radius 2 is 0.939 bits per heavy atom. The van der Waals surface area contributed by atoms with Gasteiger partial charge in [0, 0.05) is 27.5 Å². The van der Waals surface area contributed by atoms with Crippen molar-refractivity contribution in [3.05, 3.63) is 164 Å². The van der Waals surface area contributed by atoms with Crippen molar-refractivity contribution in [2.75, 3.05) is 0 Å². The molecule has 2 aromatic heterocycles. The van der Waals surface area contributed by atoms with E-state index in [4.69, 9.17) is 19.4 Å². The van der Waals surface area contributed by atoms with Crippen LogP contribution in [0.15, 0.2) is 168 Å². The lowest BCUT2D eigenvalue weighted by Gasteiger charge is -2.13. The molecule has 49 heavy (non-hydrogen) atoms. The summed E-state index contributed by atoms with van der Waals surface area (Å²) in [5, 5.41) is 9.48. The molecule has 0 aliphatic carbocycles. The van der Waals surface area contributed by atoms with E-state index in [1.807, 2.05) is 60.7 Å². The van der Waals surface area contributed by atoms with E-state index in [0.717, 1.165) is 44.2 Å². The van der Waals surface area contributed by atoms with Crippen molar-refractivity contribution in [2.45, 2.75) is 0 Å². The van der Waals surface area contributed by atoms with Crippen molar-refractivity contribution >= 4 is 54.3 Å². The van der Waals surface area contributed by atoms with Crippen molar-refractivity contribution in [3.8, 4) is 45.3 Å². The third-order valence-corrected chi connectivity index (χ3v) is 9.51. The van der Waals surface area contributed by atoms with Gasteiger partial charge in [-0.1, -0.05) is 146 Å². The van der Waals surface area contributed by atoms with Crippen LogP contribution < -0.4 is 0 Å². The fraction of sp³-hybridized carbons (Fsp3) is 0. The average Bonchev–Trinajstić information content (AvgIpc) is 3.57. The molecular weight excluding hydrogens is 599 g/mol. The van der Waals surface area contributed by atoms with E-state index in [1.165, 1.54) is 37.9 Å². The Bertz CT molecular complexity index is 2890. The maximum Gasteiger partial charge on any atom is 0.164 e. The number of benzene rings is 8. The molecule has 4 nitrogen and oxygen atoms in total. The minimum absolute atomic E-state index is 0.606. The highest BCUT2D eigenvalue weighted by molar-refractivity contribution is 6.21. The summed E-state index contributed by atoms with van der Waals surface area (Å²) in [7, 11) is 0. The first-order chi connectivity index (χ1) is 24.3. The standard InChI is InChI=1S/C45H27N3O/c1-2-12-30(13-3-1)43-46-44(48-45(47-43)38-20-10-22-40-42(38)37-18-6-7-21-39(37)49-40)32-16-8-15-31(27-32)34-19-9-14-29-24-25-35-33-17-5-4-11-28(33)23-26-36(35)41(29)34/h1-27H. The number of furan rings is 1. The van der Waals surface area contributed by atoms with Crippen LogP contribution in [0.3, 0.4) is 0 Å². The van der Waals surface area contributed by atoms with E-state index >= 15 is 0 Å². The number of para-hydroxylation sites is 1. The Kier molecular flexibility index (Phi) is 6.15. The van der Waals surface area contributed by atoms with Crippen LogP contribution in [0.2, 0.25) is 0 Å². The van der Waals surface area contributed by atoms with Gasteiger partial charge >= 0.3 is 0 Å². The quantitative estimate of drug-likeness (QED) is 0.183. The fourth-order valence-electron chi connectivity index (χ4n) is 7.25. The maximum absolute atomic E-state index is 6.23. The van der Waals surface area contributed by atoms with Crippen LogP contribution >= 0.6 is 0 Å². The smallest absolute Gasteiger partial charge is 0.164 e. The Labute approximate surface area is 282 Å². The summed E-state index contributed by atoms with van der Waals surface area (Å²) in [5.74, 6) is 1.85. The van der Waals surface area contributed by atoms with Gasteiger partial charge in [0.05, 0.1) is 0 Å². The average molecular weight is 626 g/mol. The zero-order valence-corrected chi connectivity index (χ0v) is 26.3. The third kappa shape index (κ3) is 4.49. The minimum Gasteiger partial charge on any atom is -0.456 e. The number of hydrogen-bond acceptors (Lipinski definition) is 4. The Morgan fingerprint density at radius 1 is 0.327 bits per heavy atom. The number of rotatable bonds is 4. The first-order valence-electron chi connectivity index (χ1n) is 16.4. The summed E-state index contributed by atoms with van der Waals surface area (Å²) in [6, 6.07) is 57.0. The second-order valence-corrected chi connectivity index (χ2v) is 12.4. The van der Waals surface area contributed by atoms with E-state index in [1.54, 1.807) is 0 Å². The van der Waals surface area contributed by atoms with Crippen molar-refractivity contribution in [2.24, 2.45) is 0 Å². The molecule has 0 N–H and O–H groups in total. The molecule has 0 aliphatic rings. The number of fused-ring (bicyclic) bond motifs is 8. The molecule has 0 saturated heterocycles.